The van der Waals surface area contributed by atoms with Crippen molar-refractivity contribution >= 4 is 5.95 Å². The second kappa shape index (κ2) is 5.36. The number of benzene rings is 2. The van der Waals surface area contributed by atoms with Crippen molar-refractivity contribution in [2.24, 2.45) is 0 Å². The smallest absolute Gasteiger partial charge is 0.265 e. The number of hydrogen-bond donors (Lipinski definition) is 1. The monoisotopic (exact) mass is 264 g/mol. The molecule has 3 aromatic rings. The second-order valence-corrected chi connectivity index (χ2v) is 4.10. The Balaban J connectivity index is 2.03. The van der Waals surface area contributed by atoms with Gasteiger partial charge in [-0.3, -0.25) is 0 Å². The maximum absolute atomic E-state index is 5.73. The van der Waals surface area contributed by atoms with Crippen LogP contribution in [-0.2, 0) is 0 Å². The summed E-state index contributed by atoms with van der Waals surface area (Å²) in [5.41, 5.74) is 7.06. The zero-order valence-corrected chi connectivity index (χ0v) is 10.6. The number of nitrogens with zero attached hydrogens (tertiary/aromatic N) is 3. The number of nitrogens with two attached hydrogens (primary N) is 1. The van der Waals surface area contributed by atoms with Crippen molar-refractivity contribution in [1.82, 2.24) is 15.2 Å². The van der Waals surface area contributed by atoms with Crippen LogP contribution in [0.2, 0.25) is 0 Å². The maximum Gasteiger partial charge on any atom is 0.265 e. The summed E-state index contributed by atoms with van der Waals surface area (Å²) in [4.78, 5) is 4.22. The zero-order chi connectivity index (χ0) is 13.8. The molecule has 0 bridgehead atoms. The van der Waals surface area contributed by atoms with Gasteiger partial charge in [-0.15, -0.1) is 10.2 Å². The van der Waals surface area contributed by atoms with Gasteiger partial charge < -0.3 is 10.5 Å². The molecule has 2 N–H and O–H groups in total. The Morgan fingerprint density at radius 1 is 0.800 bits per heavy atom. The highest BCUT2D eigenvalue weighted by Gasteiger charge is 2.12. The lowest BCUT2D eigenvalue weighted by Crippen LogP contribution is -2.02. The van der Waals surface area contributed by atoms with Crippen LogP contribution in [0.15, 0.2) is 60.7 Å². The topological polar surface area (TPSA) is 73.9 Å². The average Bonchev–Trinajstić information content (AvgIpc) is 2.51. The zero-order valence-electron chi connectivity index (χ0n) is 10.6. The minimum atomic E-state index is 0.115. The van der Waals surface area contributed by atoms with E-state index in [0.29, 0.717) is 17.3 Å². The highest BCUT2D eigenvalue weighted by Crippen LogP contribution is 2.29. The van der Waals surface area contributed by atoms with E-state index in [0.717, 1.165) is 5.56 Å². The Bertz CT molecular complexity index is 702. The quantitative estimate of drug-likeness (QED) is 0.787. The summed E-state index contributed by atoms with van der Waals surface area (Å²) in [6, 6.07) is 19.0. The van der Waals surface area contributed by atoms with Gasteiger partial charge in [-0.05, 0) is 12.1 Å². The van der Waals surface area contributed by atoms with E-state index in [2.05, 4.69) is 15.2 Å². The highest BCUT2D eigenvalue weighted by molar-refractivity contribution is 5.65. The molecule has 3 rings (SSSR count). The molecule has 0 aliphatic carbocycles. The summed E-state index contributed by atoms with van der Waals surface area (Å²) < 4.78 is 5.73. The molecule has 0 aliphatic rings. The van der Waals surface area contributed by atoms with Crippen LogP contribution in [0.3, 0.4) is 0 Å². The number of nitrogen functional groups attached to an aromatic ring is 1. The summed E-state index contributed by atoms with van der Waals surface area (Å²) in [6.45, 7) is 0. The third kappa shape index (κ3) is 2.56. The Labute approximate surface area is 116 Å². The van der Waals surface area contributed by atoms with E-state index < -0.39 is 0 Å². The largest absolute Gasteiger partial charge is 0.436 e. The van der Waals surface area contributed by atoms with Crippen molar-refractivity contribution in [2.75, 3.05) is 5.73 Å². The molecule has 5 nitrogen and oxygen atoms in total. The standard InChI is InChI=1S/C15H12N4O/c16-15-17-13(11-7-3-1-4-8-11)14(18-19-15)20-12-9-5-2-6-10-12/h1-10H,(H2,16,17,19). The first kappa shape index (κ1) is 12.1. The summed E-state index contributed by atoms with van der Waals surface area (Å²) in [5.74, 6) is 1.12. The van der Waals surface area contributed by atoms with E-state index in [1.807, 2.05) is 60.7 Å². The first-order chi connectivity index (χ1) is 9.83. The van der Waals surface area contributed by atoms with E-state index in [-0.39, 0.29) is 5.95 Å². The number of aromatic nitrogens is 3. The van der Waals surface area contributed by atoms with Crippen molar-refractivity contribution in [3.05, 3.63) is 60.7 Å². The van der Waals surface area contributed by atoms with Crippen molar-refractivity contribution in [1.29, 1.82) is 0 Å². The van der Waals surface area contributed by atoms with Gasteiger partial charge in [0, 0.05) is 5.56 Å². The first-order valence-electron chi connectivity index (χ1n) is 6.11. The molecule has 1 aromatic heterocycles. The van der Waals surface area contributed by atoms with Gasteiger partial charge >= 0.3 is 0 Å². The third-order valence-electron chi connectivity index (χ3n) is 2.68. The number of rotatable bonds is 3. The lowest BCUT2D eigenvalue weighted by atomic mass is 10.1. The molecule has 0 saturated carbocycles. The Kier molecular flexibility index (Phi) is 3.24. The van der Waals surface area contributed by atoms with Crippen LogP contribution < -0.4 is 10.5 Å². The van der Waals surface area contributed by atoms with Gasteiger partial charge in [-0.25, -0.2) is 4.98 Å². The maximum atomic E-state index is 5.73. The number of para-hydroxylation sites is 1. The fourth-order valence-corrected chi connectivity index (χ4v) is 1.78. The molecule has 0 spiro atoms. The highest BCUT2D eigenvalue weighted by atomic mass is 16.5. The van der Waals surface area contributed by atoms with Crippen LogP contribution in [0.1, 0.15) is 0 Å². The first-order valence-corrected chi connectivity index (χ1v) is 6.11. The number of anilines is 1. The third-order valence-corrected chi connectivity index (χ3v) is 2.68. The number of hydrogen-bond acceptors (Lipinski definition) is 5. The molecule has 0 aliphatic heterocycles. The average molecular weight is 264 g/mol. The van der Waals surface area contributed by atoms with Gasteiger partial charge in [-0.1, -0.05) is 48.5 Å². The molecule has 0 saturated heterocycles. The van der Waals surface area contributed by atoms with E-state index in [4.69, 9.17) is 10.5 Å². The normalized spacial score (nSPS) is 10.2. The molecular weight excluding hydrogens is 252 g/mol. The summed E-state index contributed by atoms with van der Waals surface area (Å²) in [5, 5.41) is 7.74. The number of ether oxygens (including phenoxy) is 1. The van der Waals surface area contributed by atoms with Gasteiger partial charge in [0.1, 0.15) is 11.4 Å². The van der Waals surface area contributed by atoms with Crippen LogP contribution in [-0.4, -0.2) is 15.2 Å². The van der Waals surface area contributed by atoms with E-state index in [9.17, 15) is 0 Å². The van der Waals surface area contributed by atoms with Crippen LogP contribution in [0.25, 0.3) is 11.3 Å². The Hall–Kier alpha value is -2.95. The predicted octanol–water partition coefficient (Wildman–Crippen LogP) is 2.91. The van der Waals surface area contributed by atoms with E-state index >= 15 is 0 Å². The van der Waals surface area contributed by atoms with Gasteiger partial charge in [0.2, 0.25) is 5.95 Å². The summed E-state index contributed by atoms with van der Waals surface area (Å²) in [6.07, 6.45) is 0. The van der Waals surface area contributed by atoms with Gasteiger partial charge in [0.15, 0.2) is 0 Å². The summed E-state index contributed by atoms with van der Waals surface area (Å²) >= 11 is 0. The Morgan fingerprint density at radius 3 is 2.15 bits per heavy atom. The molecule has 98 valence electrons. The molecule has 0 atom stereocenters. The minimum absolute atomic E-state index is 0.115. The van der Waals surface area contributed by atoms with E-state index in [1.165, 1.54) is 0 Å². The molecule has 5 heteroatoms. The molecule has 0 amide bonds. The van der Waals surface area contributed by atoms with Gasteiger partial charge in [0.25, 0.3) is 5.88 Å². The molecule has 1 heterocycles. The summed E-state index contributed by atoms with van der Waals surface area (Å²) in [7, 11) is 0. The van der Waals surface area contributed by atoms with Crippen LogP contribution >= 0.6 is 0 Å². The molecular formula is C15H12N4O. The molecule has 20 heavy (non-hydrogen) atoms. The lowest BCUT2D eigenvalue weighted by Gasteiger charge is -2.08. The van der Waals surface area contributed by atoms with Crippen molar-refractivity contribution in [2.45, 2.75) is 0 Å². The van der Waals surface area contributed by atoms with Crippen LogP contribution in [0, 0.1) is 0 Å². The second-order valence-electron chi connectivity index (χ2n) is 4.10. The fraction of sp³-hybridized carbons (Fsp3) is 0. The van der Waals surface area contributed by atoms with Crippen LogP contribution in [0.4, 0.5) is 5.95 Å². The minimum Gasteiger partial charge on any atom is -0.436 e. The SMILES string of the molecule is Nc1nnc(Oc2ccccc2)c(-c2ccccc2)n1. The molecule has 0 unspecified atom stereocenters. The van der Waals surface area contributed by atoms with Crippen molar-refractivity contribution < 1.29 is 4.74 Å². The van der Waals surface area contributed by atoms with Gasteiger partial charge in [0.05, 0.1) is 0 Å². The Morgan fingerprint density at radius 2 is 1.45 bits per heavy atom. The molecule has 0 radical (unpaired) electrons. The van der Waals surface area contributed by atoms with Crippen molar-refractivity contribution in [3.63, 3.8) is 0 Å². The lowest BCUT2D eigenvalue weighted by molar-refractivity contribution is 0.454. The van der Waals surface area contributed by atoms with E-state index in [1.54, 1.807) is 0 Å². The van der Waals surface area contributed by atoms with Crippen molar-refractivity contribution in [3.8, 4) is 22.9 Å². The van der Waals surface area contributed by atoms with Gasteiger partial charge in [-0.2, -0.15) is 0 Å². The molecule has 2 aromatic carbocycles. The molecule has 0 fully saturated rings. The van der Waals surface area contributed by atoms with Crippen LogP contribution in [0.5, 0.6) is 11.6 Å². The predicted molar refractivity (Wildman–Crippen MR) is 76.2 cm³/mol. The fourth-order valence-electron chi connectivity index (χ4n) is 1.78.